The van der Waals surface area contributed by atoms with Gasteiger partial charge in [-0.25, -0.2) is 12.8 Å². The molecule has 0 unspecified atom stereocenters. The van der Waals surface area contributed by atoms with E-state index in [4.69, 9.17) is 16.3 Å². The number of benzene rings is 1. The van der Waals surface area contributed by atoms with E-state index in [0.29, 0.717) is 32.5 Å². The van der Waals surface area contributed by atoms with Crippen molar-refractivity contribution in [3.05, 3.63) is 29.6 Å². The van der Waals surface area contributed by atoms with Crippen molar-refractivity contribution in [2.75, 3.05) is 19.7 Å². The summed E-state index contributed by atoms with van der Waals surface area (Å²) in [7, 11) is -3.60. The third kappa shape index (κ3) is 3.74. The Morgan fingerprint density at radius 2 is 2.05 bits per heavy atom. The summed E-state index contributed by atoms with van der Waals surface area (Å²) < 4.78 is 45.5. The van der Waals surface area contributed by atoms with Crippen LogP contribution in [0, 0.1) is 5.82 Å². The van der Waals surface area contributed by atoms with Crippen molar-refractivity contribution in [2.24, 2.45) is 0 Å². The minimum Gasteiger partial charge on any atom is -0.378 e. The molecular weight excluding hydrogens is 317 g/mol. The molecule has 0 radical (unpaired) electrons. The van der Waals surface area contributed by atoms with Crippen LogP contribution in [0.5, 0.6) is 0 Å². The van der Waals surface area contributed by atoms with Gasteiger partial charge in [-0.3, -0.25) is 0 Å². The van der Waals surface area contributed by atoms with Crippen LogP contribution >= 0.6 is 11.6 Å². The molecule has 0 spiro atoms. The van der Waals surface area contributed by atoms with E-state index < -0.39 is 15.8 Å². The van der Waals surface area contributed by atoms with Gasteiger partial charge in [0.1, 0.15) is 5.82 Å². The monoisotopic (exact) mass is 335 g/mol. The lowest BCUT2D eigenvalue weighted by atomic mass is 10.1. The summed E-state index contributed by atoms with van der Waals surface area (Å²) in [5.74, 6) is -0.541. The highest BCUT2D eigenvalue weighted by Crippen LogP contribution is 2.24. The number of hydrogen-bond donors (Lipinski definition) is 0. The fraction of sp³-hybridized carbons (Fsp3) is 0.571. The van der Waals surface area contributed by atoms with Crippen molar-refractivity contribution in [3.63, 3.8) is 0 Å². The summed E-state index contributed by atoms with van der Waals surface area (Å²) in [6.45, 7) is 3.39. The van der Waals surface area contributed by atoms with Crippen LogP contribution in [0.3, 0.4) is 0 Å². The highest BCUT2D eigenvalue weighted by atomic mass is 35.5. The van der Waals surface area contributed by atoms with Gasteiger partial charge in [0, 0.05) is 25.3 Å². The van der Waals surface area contributed by atoms with Crippen LogP contribution in [-0.4, -0.2) is 38.5 Å². The van der Waals surface area contributed by atoms with Gasteiger partial charge in [-0.2, -0.15) is 4.31 Å². The lowest BCUT2D eigenvalue weighted by Crippen LogP contribution is -2.40. The SMILES string of the molecule is CCOC1CCN(S(=O)(=O)c2ccc(F)c(CCl)c2)CC1. The molecule has 118 valence electrons. The highest BCUT2D eigenvalue weighted by Gasteiger charge is 2.29. The number of alkyl halides is 1. The van der Waals surface area contributed by atoms with Crippen LogP contribution in [-0.2, 0) is 20.6 Å². The summed E-state index contributed by atoms with van der Waals surface area (Å²) in [4.78, 5) is 0.0920. The maximum absolute atomic E-state index is 13.4. The lowest BCUT2D eigenvalue weighted by molar-refractivity contribution is 0.0290. The molecule has 2 rings (SSSR count). The van der Waals surface area contributed by atoms with Gasteiger partial charge in [0.15, 0.2) is 0 Å². The van der Waals surface area contributed by atoms with Crippen LogP contribution in [0.15, 0.2) is 23.1 Å². The Hall–Kier alpha value is -0.690. The number of nitrogens with zero attached hydrogens (tertiary/aromatic N) is 1. The molecule has 21 heavy (non-hydrogen) atoms. The Labute approximate surface area is 129 Å². The van der Waals surface area contributed by atoms with Gasteiger partial charge in [0.05, 0.1) is 16.9 Å². The number of hydrogen-bond acceptors (Lipinski definition) is 3. The zero-order chi connectivity index (χ0) is 15.5. The number of ether oxygens (including phenoxy) is 1. The molecule has 4 nitrogen and oxygen atoms in total. The Morgan fingerprint density at radius 1 is 1.38 bits per heavy atom. The number of piperidine rings is 1. The van der Waals surface area contributed by atoms with Crippen LogP contribution in [0.4, 0.5) is 4.39 Å². The lowest BCUT2D eigenvalue weighted by Gasteiger charge is -2.31. The van der Waals surface area contributed by atoms with Gasteiger partial charge in [-0.15, -0.1) is 11.6 Å². The minimum atomic E-state index is -3.60. The van der Waals surface area contributed by atoms with Gasteiger partial charge < -0.3 is 4.74 Å². The largest absolute Gasteiger partial charge is 0.378 e. The molecule has 1 aromatic carbocycles. The second-order valence-corrected chi connectivity index (χ2v) is 7.15. The quantitative estimate of drug-likeness (QED) is 0.777. The second kappa shape index (κ2) is 7.05. The molecule has 0 aromatic heterocycles. The summed E-state index contributed by atoms with van der Waals surface area (Å²) in [5, 5.41) is 0. The zero-order valence-electron chi connectivity index (χ0n) is 11.9. The van der Waals surface area contributed by atoms with E-state index in [9.17, 15) is 12.8 Å². The summed E-state index contributed by atoms with van der Waals surface area (Å²) in [5.41, 5.74) is 0.196. The Kier molecular flexibility index (Phi) is 5.60. The molecule has 1 aliphatic heterocycles. The predicted octanol–water partition coefficient (Wildman–Crippen LogP) is 2.75. The van der Waals surface area contributed by atoms with Crippen molar-refractivity contribution in [3.8, 4) is 0 Å². The van der Waals surface area contributed by atoms with E-state index in [1.165, 1.54) is 16.4 Å². The van der Waals surface area contributed by atoms with Crippen molar-refractivity contribution < 1.29 is 17.5 Å². The maximum atomic E-state index is 13.4. The van der Waals surface area contributed by atoms with E-state index in [-0.39, 0.29) is 22.4 Å². The first-order valence-corrected chi connectivity index (χ1v) is 8.92. The van der Waals surface area contributed by atoms with Crippen molar-refractivity contribution in [2.45, 2.75) is 36.6 Å². The Balaban J connectivity index is 2.15. The first kappa shape index (κ1) is 16.7. The number of rotatable bonds is 5. The molecule has 7 heteroatoms. The molecule has 0 atom stereocenters. The van der Waals surface area contributed by atoms with Crippen LogP contribution in [0.25, 0.3) is 0 Å². The van der Waals surface area contributed by atoms with Gasteiger partial charge in [-0.1, -0.05) is 0 Å². The zero-order valence-corrected chi connectivity index (χ0v) is 13.5. The fourth-order valence-electron chi connectivity index (χ4n) is 2.44. The summed E-state index contributed by atoms with van der Waals surface area (Å²) >= 11 is 5.63. The van der Waals surface area contributed by atoms with E-state index in [1.807, 2.05) is 6.92 Å². The molecular formula is C14H19ClFNO3S. The molecule has 0 amide bonds. The highest BCUT2D eigenvalue weighted by molar-refractivity contribution is 7.89. The smallest absolute Gasteiger partial charge is 0.243 e. The van der Waals surface area contributed by atoms with Crippen LogP contribution in [0.1, 0.15) is 25.3 Å². The van der Waals surface area contributed by atoms with Crippen LogP contribution < -0.4 is 0 Å². The predicted molar refractivity (Wildman–Crippen MR) is 79.4 cm³/mol. The second-order valence-electron chi connectivity index (χ2n) is 4.95. The van der Waals surface area contributed by atoms with Gasteiger partial charge in [0.2, 0.25) is 10.0 Å². The standard InChI is InChI=1S/C14H19ClFNO3S/c1-2-20-12-5-7-17(8-6-12)21(18,19)13-3-4-14(16)11(9-13)10-15/h3-4,9,12H,2,5-8,10H2,1H3. The van der Waals surface area contributed by atoms with E-state index in [0.717, 1.165) is 6.07 Å². The topological polar surface area (TPSA) is 46.6 Å². The maximum Gasteiger partial charge on any atom is 0.243 e. The summed E-state index contributed by atoms with van der Waals surface area (Å²) in [6, 6.07) is 3.75. The molecule has 1 fully saturated rings. The average molecular weight is 336 g/mol. The number of sulfonamides is 1. The Morgan fingerprint density at radius 3 is 2.62 bits per heavy atom. The fourth-order valence-corrected chi connectivity index (χ4v) is 4.16. The van der Waals surface area contributed by atoms with E-state index in [2.05, 4.69) is 0 Å². The van der Waals surface area contributed by atoms with Crippen LogP contribution in [0.2, 0.25) is 0 Å². The third-order valence-corrected chi connectivity index (χ3v) is 5.78. The van der Waals surface area contributed by atoms with E-state index >= 15 is 0 Å². The normalized spacial score (nSPS) is 18.0. The van der Waals surface area contributed by atoms with E-state index in [1.54, 1.807) is 0 Å². The minimum absolute atomic E-state index is 0.0540. The third-order valence-electron chi connectivity index (χ3n) is 3.60. The number of halogens is 2. The Bertz CT molecular complexity index is 586. The van der Waals surface area contributed by atoms with Gasteiger partial charge >= 0.3 is 0 Å². The first-order valence-electron chi connectivity index (χ1n) is 6.95. The molecule has 1 aromatic rings. The van der Waals surface area contributed by atoms with Gasteiger partial charge in [-0.05, 0) is 38.0 Å². The first-order chi connectivity index (χ1) is 9.98. The molecule has 0 saturated carbocycles. The molecule has 1 saturated heterocycles. The molecule has 1 aliphatic rings. The van der Waals surface area contributed by atoms with Crippen molar-refractivity contribution in [1.29, 1.82) is 0 Å². The average Bonchev–Trinajstić information content (AvgIpc) is 2.48. The molecule has 1 heterocycles. The van der Waals surface area contributed by atoms with Crippen molar-refractivity contribution in [1.82, 2.24) is 4.31 Å². The molecule has 0 aliphatic carbocycles. The molecule has 0 N–H and O–H groups in total. The van der Waals surface area contributed by atoms with Gasteiger partial charge in [0.25, 0.3) is 0 Å². The summed E-state index contributed by atoms with van der Waals surface area (Å²) in [6.07, 6.45) is 1.47. The van der Waals surface area contributed by atoms with Crippen molar-refractivity contribution >= 4 is 21.6 Å². The molecule has 0 bridgehead atoms.